The lowest BCUT2D eigenvalue weighted by Crippen LogP contribution is -2.53. The zero-order valence-corrected chi connectivity index (χ0v) is 18.7. The average Bonchev–Trinajstić information content (AvgIpc) is 2.78. The molecule has 1 aromatic rings. The van der Waals surface area contributed by atoms with E-state index in [1.165, 1.54) is 5.56 Å². The highest BCUT2D eigenvalue weighted by Gasteiger charge is 2.35. The number of ether oxygens (including phenoxy) is 2. The quantitative estimate of drug-likeness (QED) is 0.569. The Morgan fingerprint density at radius 1 is 1.10 bits per heavy atom. The third-order valence-electron chi connectivity index (χ3n) is 6.12. The predicted molar refractivity (Wildman–Crippen MR) is 119 cm³/mol. The van der Waals surface area contributed by atoms with Gasteiger partial charge in [0.1, 0.15) is 5.75 Å². The van der Waals surface area contributed by atoms with Gasteiger partial charge < -0.3 is 24.6 Å². The van der Waals surface area contributed by atoms with Gasteiger partial charge in [-0.1, -0.05) is 12.1 Å². The van der Waals surface area contributed by atoms with E-state index < -0.39 is 0 Å². The van der Waals surface area contributed by atoms with Crippen molar-refractivity contribution < 1.29 is 14.3 Å². The van der Waals surface area contributed by atoms with Gasteiger partial charge in [-0.3, -0.25) is 9.79 Å². The first-order valence-corrected chi connectivity index (χ1v) is 11.2. The van der Waals surface area contributed by atoms with E-state index >= 15 is 0 Å². The van der Waals surface area contributed by atoms with Crippen LogP contribution in [0.15, 0.2) is 29.3 Å². The van der Waals surface area contributed by atoms with Crippen LogP contribution in [-0.2, 0) is 14.9 Å². The zero-order valence-electron chi connectivity index (χ0n) is 18.7. The van der Waals surface area contributed by atoms with E-state index in [0.29, 0.717) is 6.61 Å². The maximum absolute atomic E-state index is 11.6. The van der Waals surface area contributed by atoms with Crippen LogP contribution < -0.4 is 10.1 Å². The molecule has 0 spiro atoms. The third-order valence-corrected chi connectivity index (χ3v) is 6.12. The monoisotopic (exact) mass is 416 g/mol. The molecule has 2 saturated heterocycles. The van der Waals surface area contributed by atoms with Crippen LogP contribution in [0.5, 0.6) is 5.75 Å². The molecule has 1 amide bonds. The van der Waals surface area contributed by atoms with Gasteiger partial charge in [0.2, 0.25) is 5.91 Å². The van der Waals surface area contributed by atoms with Gasteiger partial charge >= 0.3 is 0 Å². The fourth-order valence-electron chi connectivity index (χ4n) is 4.26. The van der Waals surface area contributed by atoms with Crippen LogP contribution in [0, 0.1) is 0 Å². The number of hydrogen-bond donors (Lipinski definition) is 1. The number of piperazine rings is 1. The second-order valence-electron chi connectivity index (χ2n) is 8.01. The average molecular weight is 417 g/mol. The minimum absolute atomic E-state index is 0.0229. The minimum atomic E-state index is -0.0229. The molecular weight excluding hydrogens is 380 g/mol. The van der Waals surface area contributed by atoms with Crippen LogP contribution in [-0.4, -0.2) is 80.8 Å². The molecule has 2 heterocycles. The molecular formula is C23H36N4O3. The summed E-state index contributed by atoms with van der Waals surface area (Å²) in [5.74, 6) is 1.99. The van der Waals surface area contributed by atoms with Gasteiger partial charge in [-0.05, 0) is 44.4 Å². The number of guanidine groups is 1. The smallest absolute Gasteiger partial charge is 0.219 e. The van der Waals surface area contributed by atoms with E-state index in [-0.39, 0.29) is 11.3 Å². The molecule has 2 fully saturated rings. The lowest BCUT2D eigenvalue weighted by atomic mass is 9.74. The highest BCUT2D eigenvalue weighted by Crippen LogP contribution is 2.36. The van der Waals surface area contributed by atoms with Crippen LogP contribution in [0.25, 0.3) is 0 Å². The standard InChI is InChI=1S/C23H36N4O3/c1-4-24-22(27-14-12-26(13-15-27)19(3)28)25-18-23(10-16-29-17-11-23)20-6-8-21(9-7-20)30-5-2/h6-9H,4-5,10-18H2,1-3H3,(H,24,25). The molecule has 1 N–H and O–H groups in total. The number of carbonyl (C=O) groups is 1. The topological polar surface area (TPSA) is 66.4 Å². The summed E-state index contributed by atoms with van der Waals surface area (Å²) in [7, 11) is 0. The molecule has 0 saturated carbocycles. The first-order chi connectivity index (χ1) is 14.6. The number of benzene rings is 1. The largest absolute Gasteiger partial charge is 0.494 e. The van der Waals surface area contributed by atoms with Crippen molar-refractivity contribution in [2.75, 3.05) is 59.1 Å². The van der Waals surface area contributed by atoms with Crippen molar-refractivity contribution in [1.82, 2.24) is 15.1 Å². The van der Waals surface area contributed by atoms with Crippen molar-refractivity contribution >= 4 is 11.9 Å². The summed E-state index contributed by atoms with van der Waals surface area (Å²) in [6.45, 7) is 12.6. The van der Waals surface area contributed by atoms with Gasteiger partial charge in [-0.15, -0.1) is 0 Å². The Morgan fingerprint density at radius 2 is 1.73 bits per heavy atom. The van der Waals surface area contributed by atoms with Crippen molar-refractivity contribution in [3.05, 3.63) is 29.8 Å². The summed E-state index contributed by atoms with van der Waals surface area (Å²) < 4.78 is 11.3. The molecule has 2 aliphatic rings. The normalized spacial score (nSPS) is 19.5. The van der Waals surface area contributed by atoms with Gasteiger partial charge in [0, 0.05) is 58.3 Å². The van der Waals surface area contributed by atoms with E-state index in [0.717, 1.165) is 77.0 Å². The number of aliphatic imine (C=N–C) groups is 1. The molecule has 166 valence electrons. The zero-order chi connectivity index (χ0) is 21.4. The van der Waals surface area contributed by atoms with Gasteiger partial charge in [0.15, 0.2) is 5.96 Å². The van der Waals surface area contributed by atoms with Gasteiger partial charge in [-0.25, -0.2) is 0 Å². The molecule has 30 heavy (non-hydrogen) atoms. The maximum atomic E-state index is 11.6. The Bertz CT molecular complexity index is 706. The Balaban J connectivity index is 1.77. The van der Waals surface area contributed by atoms with Crippen LogP contribution in [0.1, 0.15) is 39.2 Å². The summed E-state index contributed by atoms with van der Waals surface area (Å²) in [6, 6.07) is 8.49. The first kappa shape index (κ1) is 22.4. The Morgan fingerprint density at radius 3 is 2.30 bits per heavy atom. The number of nitrogens with one attached hydrogen (secondary N) is 1. The first-order valence-electron chi connectivity index (χ1n) is 11.2. The van der Waals surface area contributed by atoms with Crippen molar-refractivity contribution in [3.63, 3.8) is 0 Å². The molecule has 0 radical (unpaired) electrons. The SMILES string of the molecule is CCNC(=NCC1(c2ccc(OCC)cc2)CCOCC1)N1CCN(C(C)=O)CC1. The number of amides is 1. The fraction of sp³-hybridized carbons (Fsp3) is 0.652. The third kappa shape index (κ3) is 5.45. The van der Waals surface area contributed by atoms with E-state index in [9.17, 15) is 4.79 Å². The van der Waals surface area contributed by atoms with Crippen LogP contribution in [0.3, 0.4) is 0 Å². The van der Waals surface area contributed by atoms with Crippen molar-refractivity contribution in [3.8, 4) is 5.75 Å². The molecule has 1 aromatic carbocycles. The summed E-state index contributed by atoms with van der Waals surface area (Å²) >= 11 is 0. The highest BCUT2D eigenvalue weighted by atomic mass is 16.5. The molecule has 7 heteroatoms. The van der Waals surface area contributed by atoms with Gasteiger partial charge in [0.05, 0.1) is 13.2 Å². The number of rotatable bonds is 6. The predicted octanol–water partition coefficient (Wildman–Crippen LogP) is 2.26. The van der Waals surface area contributed by atoms with E-state index in [1.54, 1.807) is 6.92 Å². The highest BCUT2D eigenvalue weighted by molar-refractivity contribution is 5.80. The molecule has 0 aliphatic carbocycles. The number of nitrogens with zero attached hydrogens (tertiary/aromatic N) is 3. The van der Waals surface area contributed by atoms with Crippen LogP contribution >= 0.6 is 0 Å². The van der Waals surface area contributed by atoms with Crippen LogP contribution in [0.4, 0.5) is 0 Å². The molecule has 0 unspecified atom stereocenters. The molecule has 0 atom stereocenters. The van der Waals surface area contributed by atoms with Gasteiger partial charge in [-0.2, -0.15) is 0 Å². The van der Waals surface area contributed by atoms with Gasteiger partial charge in [0.25, 0.3) is 0 Å². The van der Waals surface area contributed by atoms with Crippen molar-refractivity contribution in [2.24, 2.45) is 4.99 Å². The van der Waals surface area contributed by atoms with E-state index in [4.69, 9.17) is 14.5 Å². The summed E-state index contributed by atoms with van der Waals surface area (Å²) in [5, 5.41) is 3.45. The Labute approximate surface area is 180 Å². The Kier molecular flexibility index (Phi) is 7.96. The van der Waals surface area contributed by atoms with Crippen LogP contribution in [0.2, 0.25) is 0 Å². The number of hydrogen-bond acceptors (Lipinski definition) is 4. The van der Waals surface area contributed by atoms with E-state index in [1.807, 2.05) is 11.8 Å². The summed E-state index contributed by atoms with van der Waals surface area (Å²) in [6.07, 6.45) is 1.92. The fourth-order valence-corrected chi connectivity index (χ4v) is 4.26. The lowest BCUT2D eigenvalue weighted by molar-refractivity contribution is -0.130. The molecule has 0 bridgehead atoms. The molecule has 3 rings (SSSR count). The summed E-state index contributed by atoms with van der Waals surface area (Å²) in [5.41, 5.74) is 1.28. The minimum Gasteiger partial charge on any atom is -0.494 e. The second kappa shape index (κ2) is 10.7. The van der Waals surface area contributed by atoms with Crippen molar-refractivity contribution in [2.45, 2.75) is 39.0 Å². The van der Waals surface area contributed by atoms with E-state index in [2.05, 4.69) is 41.4 Å². The second-order valence-corrected chi connectivity index (χ2v) is 8.01. The molecule has 2 aliphatic heterocycles. The van der Waals surface area contributed by atoms with Crippen molar-refractivity contribution in [1.29, 1.82) is 0 Å². The lowest BCUT2D eigenvalue weighted by Gasteiger charge is -2.39. The molecule has 7 nitrogen and oxygen atoms in total. The molecule has 0 aromatic heterocycles. The maximum Gasteiger partial charge on any atom is 0.219 e. The summed E-state index contributed by atoms with van der Waals surface area (Å²) in [4.78, 5) is 20.9. The Hall–Kier alpha value is -2.28. The number of carbonyl (C=O) groups excluding carboxylic acids is 1.